The number of nitrogens with one attached hydrogen (secondary N) is 4. The summed E-state index contributed by atoms with van der Waals surface area (Å²) in [5.41, 5.74) is 0.0668. The zero-order valence-electron chi connectivity index (χ0n) is 30.1. The summed E-state index contributed by atoms with van der Waals surface area (Å²) in [6.07, 6.45) is 6.47. The van der Waals surface area contributed by atoms with E-state index >= 15 is 0 Å². The van der Waals surface area contributed by atoms with Gasteiger partial charge in [0.1, 0.15) is 47.9 Å². The number of allylic oxidation sites excluding steroid dienone is 1. The number of halogens is 2. The van der Waals surface area contributed by atoms with Crippen molar-refractivity contribution in [2.75, 3.05) is 26.7 Å². The van der Waals surface area contributed by atoms with Crippen molar-refractivity contribution in [2.24, 2.45) is 0 Å². The van der Waals surface area contributed by atoms with Crippen LogP contribution in [-0.2, 0) is 40.0 Å². The van der Waals surface area contributed by atoms with Gasteiger partial charge in [-0.15, -0.1) is 0 Å². The number of amides is 7. The number of unbranched alkanes of at least 4 members (excludes halogenated alkanes) is 2. The van der Waals surface area contributed by atoms with E-state index in [0.29, 0.717) is 31.7 Å². The van der Waals surface area contributed by atoms with E-state index in [-0.39, 0.29) is 31.5 Å². The van der Waals surface area contributed by atoms with Crippen molar-refractivity contribution in [3.63, 3.8) is 0 Å². The molecule has 3 saturated heterocycles. The summed E-state index contributed by atoms with van der Waals surface area (Å²) < 4.78 is 28.2. The number of hydrogen-bond acceptors (Lipinski definition) is 7. The van der Waals surface area contributed by atoms with Crippen molar-refractivity contribution in [1.82, 2.24) is 36.0 Å². The fraction of sp³-hybridized carbons (Fsp3) is 0.583. The minimum atomic E-state index is -1.45. The van der Waals surface area contributed by atoms with E-state index in [4.69, 9.17) is 0 Å². The first kappa shape index (κ1) is 39.9. The Labute approximate surface area is 302 Å². The standard InChI is InChI=1S/C36H49F2N7O7/c1-5-6-7-8-13-30(46)41-26(18-23-16-24(37)19-25(38)17-23)32(48)42-27-20-39-33(49)28-11-9-14-44(28)34(50)21(2)40-31(47)22(3)43(4)36(52)29-12-10-15-45(29)35(27)51/h8,13,16-17,19,21-22,26-29H,5-7,9-12,14-15,18,20H2,1-4H3,(H,39,49)(H,40,47)(H,41,46)(H,42,48)/b13-8+/t21-,22-,26-,27-,28-,29-/m0/s1. The Morgan fingerprint density at radius 2 is 1.56 bits per heavy atom. The molecule has 0 radical (unpaired) electrons. The summed E-state index contributed by atoms with van der Waals surface area (Å²) in [7, 11) is 1.43. The van der Waals surface area contributed by atoms with Crippen molar-refractivity contribution in [3.05, 3.63) is 47.5 Å². The fourth-order valence-electron chi connectivity index (χ4n) is 6.74. The van der Waals surface area contributed by atoms with Gasteiger partial charge in [0, 0.05) is 39.2 Å². The Morgan fingerprint density at radius 3 is 2.21 bits per heavy atom. The molecule has 3 heterocycles. The Hall–Kier alpha value is -4.89. The molecule has 1 aromatic rings. The van der Waals surface area contributed by atoms with Gasteiger partial charge in [-0.3, -0.25) is 33.6 Å². The molecule has 3 fully saturated rings. The van der Waals surface area contributed by atoms with Gasteiger partial charge in [0.2, 0.25) is 41.4 Å². The average molecular weight is 730 g/mol. The molecule has 16 heteroatoms. The number of nitrogens with zero attached hydrogens (tertiary/aromatic N) is 3. The van der Waals surface area contributed by atoms with Crippen molar-refractivity contribution in [3.8, 4) is 0 Å². The molecular weight excluding hydrogens is 680 g/mol. The van der Waals surface area contributed by atoms with Crippen LogP contribution in [0.15, 0.2) is 30.4 Å². The van der Waals surface area contributed by atoms with Crippen LogP contribution in [0.25, 0.3) is 0 Å². The molecule has 14 nitrogen and oxygen atoms in total. The Kier molecular flexibility index (Phi) is 13.8. The third-order valence-corrected chi connectivity index (χ3v) is 9.78. The van der Waals surface area contributed by atoms with Gasteiger partial charge in [-0.05, 0) is 69.7 Å². The SMILES string of the molecule is CCCC/C=C/C(=O)N[C@@H](Cc1cc(F)cc(F)c1)C(=O)N[C@H]1CNC(=O)[C@@H]2CCCN2C(=O)[C@H](C)NC(=O)[C@H](C)N(C)C(=O)[C@@H]2CCCN2C1=O. The maximum absolute atomic E-state index is 14.2. The van der Waals surface area contributed by atoms with Gasteiger partial charge in [0.05, 0.1) is 0 Å². The van der Waals surface area contributed by atoms with E-state index in [1.165, 1.54) is 41.7 Å². The van der Waals surface area contributed by atoms with Crippen molar-refractivity contribution in [1.29, 1.82) is 0 Å². The van der Waals surface area contributed by atoms with Crippen LogP contribution in [-0.4, -0.2) is 119 Å². The van der Waals surface area contributed by atoms with Crippen LogP contribution < -0.4 is 21.3 Å². The topological polar surface area (TPSA) is 177 Å². The second kappa shape index (κ2) is 18.0. The molecule has 0 aromatic heterocycles. The molecule has 6 atom stereocenters. The molecule has 3 aliphatic heterocycles. The maximum atomic E-state index is 14.2. The Balaban J connectivity index is 1.66. The summed E-state index contributed by atoms with van der Waals surface area (Å²) in [6.45, 7) is 4.98. The predicted octanol–water partition coefficient (Wildman–Crippen LogP) is 0.687. The molecule has 7 amide bonds. The lowest BCUT2D eigenvalue weighted by Crippen LogP contribution is -2.62. The summed E-state index contributed by atoms with van der Waals surface area (Å²) in [5, 5.41) is 10.5. The molecular formula is C36H49F2N7O7. The smallest absolute Gasteiger partial charge is 0.247 e. The minimum Gasteiger partial charge on any atom is -0.352 e. The molecule has 3 aliphatic rings. The van der Waals surface area contributed by atoms with Crippen molar-refractivity contribution < 1.29 is 42.3 Å². The lowest BCUT2D eigenvalue weighted by Gasteiger charge is -2.34. The highest BCUT2D eigenvalue weighted by atomic mass is 19.1. The number of carbonyl (C=O) groups is 7. The first-order chi connectivity index (χ1) is 24.7. The van der Waals surface area contributed by atoms with Crippen LogP contribution >= 0.6 is 0 Å². The van der Waals surface area contributed by atoms with Crippen molar-refractivity contribution >= 4 is 41.4 Å². The van der Waals surface area contributed by atoms with E-state index in [0.717, 1.165) is 25.0 Å². The predicted molar refractivity (Wildman–Crippen MR) is 185 cm³/mol. The van der Waals surface area contributed by atoms with Gasteiger partial charge in [0.25, 0.3) is 0 Å². The first-order valence-electron chi connectivity index (χ1n) is 17.9. The summed E-state index contributed by atoms with van der Waals surface area (Å²) in [4.78, 5) is 98.7. The molecule has 52 heavy (non-hydrogen) atoms. The van der Waals surface area contributed by atoms with Crippen LogP contribution in [0.2, 0.25) is 0 Å². The maximum Gasteiger partial charge on any atom is 0.247 e. The second-order valence-electron chi connectivity index (χ2n) is 13.6. The normalized spacial score (nSPS) is 25.5. The zero-order chi connectivity index (χ0) is 38.1. The number of likely N-dealkylation sites (N-methyl/N-ethyl adjacent to an activating group) is 1. The van der Waals surface area contributed by atoms with Gasteiger partial charge in [-0.2, -0.15) is 0 Å². The lowest BCUT2D eigenvalue weighted by molar-refractivity contribution is -0.149. The van der Waals surface area contributed by atoms with Gasteiger partial charge < -0.3 is 36.0 Å². The average Bonchev–Trinajstić information content (AvgIpc) is 3.80. The van der Waals surface area contributed by atoms with Crippen LogP contribution in [0.1, 0.15) is 71.3 Å². The quantitative estimate of drug-likeness (QED) is 0.214. The van der Waals surface area contributed by atoms with Crippen LogP contribution in [0.3, 0.4) is 0 Å². The zero-order valence-corrected chi connectivity index (χ0v) is 30.1. The molecule has 0 aliphatic carbocycles. The van der Waals surface area contributed by atoms with E-state index in [1.54, 1.807) is 6.08 Å². The third-order valence-electron chi connectivity index (χ3n) is 9.78. The van der Waals surface area contributed by atoms with Gasteiger partial charge >= 0.3 is 0 Å². The Bertz CT molecular complexity index is 1550. The molecule has 0 spiro atoms. The largest absolute Gasteiger partial charge is 0.352 e. The van der Waals surface area contributed by atoms with Crippen molar-refractivity contribution in [2.45, 2.75) is 108 Å². The molecule has 0 unspecified atom stereocenters. The highest BCUT2D eigenvalue weighted by Crippen LogP contribution is 2.23. The molecule has 0 bridgehead atoms. The van der Waals surface area contributed by atoms with E-state index < -0.39 is 95.8 Å². The third kappa shape index (κ3) is 9.91. The second-order valence-corrected chi connectivity index (χ2v) is 13.6. The molecule has 0 saturated carbocycles. The number of hydrogen-bond donors (Lipinski definition) is 4. The number of carbonyl (C=O) groups excluding carboxylic acids is 7. The lowest BCUT2D eigenvalue weighted by atomic mass is 10.0. The molecule has 1 aromatic carbocycles. The number of fused-ring (bicyclic) bond motifs is 2. The number of rotatable bonds is 9. The van der Waals surface area contributed by atoms with E-state index in [9.17, 15) is 42.3 Å². The monoisotopic (exact) mass is 729 g/mol. The van der Waals surface area contributed by atoms with Crippen LogP contribution in [0.4, 0.5) is 8.78 Å². The molecule has 4 N–H and O–H groups in total. The van der Waals surface area contributed by atoms with Gasteiger partial charge in [0.15, 0.2) is 0 Å². The summed E-state index contributed by atoms with van der Waals surface area (Å²) in [5.74, 6) is -6.16. The summed E-state index contributed by atoms with van der Waals surface area (Å²) in [6, 6.07) is -4.01. The highest BCUT2D eigenvalue weighted by molar-refractivity contribution is 5.98. The summed E-state index contributed by atoms with van der Waals surface area (Å²) >= 11 is 0. The van der Waals surface area contributed by atoms with Gasteiger partial charge in [-0.1, -0.05) is 25.8 Å². The minimum absolute atomic E-state index is 0.0668. The highest BCUT2D eigenvalue weighted by Gasteiger charge is 2.43. The molecule has 284 valence electrons. The van der Waals surface area contributed by atoms with E-state index in [2.05, 4.69) is 21.3 Å². The van der Waals surface area contributed by atoms with Crippen LogP contribution in [0, 0.1) is 11.6 Å². The Morgan fingerprint density at radius 1 is 0.923 bits per heavy atom. The fourth-order valence-corrected chi connectivity index (χ4v) is 6.74. The van der Waals surface area contributed by atoms with E-state index in [1.807, 2.05) is 6.92 Å². The number of benzene rings is 1. The van der Waals surface area contributed by atoms with Crippen LogP contribution in [0.5, 0.6) is 0 Å². The van der Waals surface area contributed by atoms with Gasteiger partial charge in [-0.25, -0.2) is 8.78 Å². The first-order valence-corrected chi connectivity index (χ1v) is 17.9. The molecule has 4 rings (SSSR count).